The van der Waals surface area contributed by atoms with Crippen molar-refractivity contribution in [1.29, 1.82) is 0 Å². The molecule has 1 atom stereocenters. The molecule has 2 N–H and O–H groups in total. The van der Waals surface area contributed by atoms with Gasteiger partial charge in [0.15, 0.2) is 0 Å². The summed E-state index contributed by atoms with van der Waals surface area (Å²) in [5.74, 6) is 1.52. The maximum absolute atomic E-state index is 5.57. The van der Waals surface area contributed by atoms with Crippen LogP contribution in [-0.2, 0) is 5.75 Å². The van der Waals surface area contributed by atoms with Gasteiger partial charge in [0.05, 0.1) is 5.69 Å². The summed E-state index contributed by atoms with van der Waals surface area (Å²) in [5.41, 5.74) is 7.54. The number of nitrogens with zero attached hydrogens (tertiary/aromatic N) is 1. The minimum atomic E-state index is 0.451. The highest BCUT2D eigenvalue weighted by Gasteiger charge is 2.07. The van der Waals surface area contributed by atoms with Gasteiger partial charge in [0.25, 0.3) is 0 Å². The van der Waals surface area contributed by atoms with Crippen molar-refractivity contribution in [1.82, 2.24) is 4.98 Å². The van der Waals surface area contributed by atoms with Crippen molar-refractivity contribution >= 4 is 11.8 Å². The van der Waals surface area contributed by atoms with Crippen molar-refractivity contribution in [2.75, 3.05) is 6.54 Å². The lowest BCUT2D eigenvalue weighted by atomic mass is 10.2. The lowest BCUT2D eigenvalue weighted by Crippen LogP contribution is -2.12. The van der Waals surface area contributed by atoms with Crippen molar-refractivity contribution in [3.63, 3.8) is 0 Å². The number of thioether (sulfide) groups is 1. The second kappa shape index (κ2) is 5.89. The number of rotatable bonds is 5. The van der Waals surface area contributed by atoms with Crippen LogP contribution in [0.1, 0.15) is 12.6 Å². The van der Waals surface area contributed by atoms with E-state index < -0.39 is 0 Å². The first kappa shape index (κ1) is 12.2. The number of benzene rings is 1. The first-order chi connectivity index (χ1) is 8.29. The molecule has 0 aliphatic heterocycles. The summed E-state index contributed by atoms with van der Waals surface area (Å²) in [6.45, 7) is 2.80. The molecule has 0 aliphatic rings. The fourth-order valence-electron chi connectivity index (χ4n) is 1.38. The van der Waals surface area contributed by atoms with E-state index in [9.17, 15) is 0 Å². The molecule has 3 nitrogen and oxygen atoms in total. The Morgan fingerprint density at radius 2 is 2.12 bits per heavy atom. The Hall–Kier alpha value is -1.26. The molecule has 1 aromatic carbocycles. The summed E-state index contributed by atoms with van der Waals surface area (Å²) in [6.07, 6.45) is 1.72. The molecule has 1 aromatic heterocycles. The first-order valence-corrected chi connectivity index (χ1v) is 6.66. The molecule has 0 spiro atoms. The SMILES string of the molecule is CC(CN)SCc1coc(-c2ccccc2)n1. The molecule has 90 valence electrons. The van der Waals surface area contributed by atoms with Gasteiger partial charge < -0.3 is 10.2 Å². The minimum absolute atomic E-state index is 0.451. The molecular weight excluding hydrogens is 232 g/mol. The van der Waals surface area contributed by atoms with Gasteiger partial charge in [-0.25, -0.2) is 4.98 Å². The fourth-order valence-corrected chi connectivity index (χ4v) is 2.11. The van der Waals surface area contributed by atoms with E-state index in [0.29, 0.717) is 17.7 Å². The molecule has 0 saturated heterocycles. The number of aromatic nitrogens is 1. The molecule has 0 fully saturated rings. The van der Waals surface area contributed by atoms with Gasteiger partial charge in [0.1, 0.15) is 6.26 Å². The van der Waals surface area contributed by atoms with E-state index >= 15 is 0 Å². The topological polar surface area (TPSA) is 52.0 Å². The predicted molar refractivity (Wildman–Crippen MR) is 71.8 cm³/mol. The zero-order chi connectivity index (χ0) is 12.1. The summed E-state index contributed by atoms with van der Waals surface area (Å²) >= 11 is 1.79. The Morgan fingerprint density at radius 1 is 1.35 bits per heavy atom. The molecule has 2 aromatic rings. The van der Waals surface area contributed by atoms with Crippen LogP contribution in [0.3, 0.4) is 0 Å². The van der Waals surface area contributed by atoms with Crippen LogP contribution in [-0.4, -0.2) is 16.8 Å². The van der Waals surface area contributed by atoms with Gasteiger partial charge in [-0.1, -0.05) is 25.1 Å². The zero-order valence-electron chi connectivity index (χ0n) is 9.80. The molecule has 0 saturated carbocycles. The van der Waals surface area contributed by atoms with E-state index in [1.54, 1.807) is 18.0 Å². The second-order valence-corrected chi connectivity index (χ2v) is 5.29. The molecule has 0 amide bonds. The molecule has 1 unspecified atom stereocenters. The number of hydrogen-bond donors (Lipinski definition) is 1. The number of hydrogen-bond acceptors (Lipinski definition) is 4. The second-order valence-electron chi connectivity index (χ2n) is 3.87. The van der Waals surface area contributed by atoms with E-state index in [2.05, 4.69) is 11.9 Å². The van der Waals surface area contributed by atoms with Crippen molar-refractivity contribution in [3.05, 3.63) is 42.3 Å². The third kappa shape index (κ3) is 3.35. The van der Waals surface area contributed by atoms with Crippen molar-refractivity contribution in [3.8, 4) is 11.5 Å². The van der Waals surface area contributed by atoms with E-state index in [4.69, 9.17) is 10.2 Å². The summed E-state index contributed by atoms with van der Waals surface area (Å²) in [4.78, 5) is 4.46. The maximum Gasteiger partial charge on any atom is 0.226 e. The first-order valence-electron chi connectivity index (χ1n) is 5.61. The van der Waals surface area contributed by atoms with Crippen LogP contribution in [0.15, 0.2) is 41.0 Å². The van der Waals surface area contributed by atoms with Crippen molar-refractivity contribution < 1.29 is 4.42 Å². The van der Waals surface area contributed by atoms with E-state index in [1.807, 2.05) is 30.3 Å². The quantitative estimate of drug-likeness (QED) is 0.884. The van der Waals surface area contributed by atoms with Gasteiger partial charge in [0, 0.05) is 23.1 Å². The summed E-state index contributed by atoms with van der Waals surface area (Å²) in [5, 5.41) is 0.451. The normalized spacial score (nSPS) is 12.6. The smallest absolute Gasteiger partial charge is 0.226 e. The van der Waals surface area contributed by atoms with Gasteiger partial charge in [-0.05, 0) is 12.1 Å². The fraction of sp³-hybridized carbons (Fsp3) is 0.308. The highest BCUT2D eigenvalue weighted by molar-refractivity contribution is 7.99. The highest BCUT2D eigenvalue weighted by Crippen LogP contribution is 2.21. The monoisotopic (exact) mass is 248 g/mol. The Kier molecular flexibility index (Phi) is 4.23. The molecule has 0 aliphatic carbocycles. The summed E-state index contributed by atoms with van der Waals surface area (Å²) in [7, 11) is 0. The predicted octanol–water partition coefficient (Wildman–Crippen LogP) is 2.92. The Morgan fingerprint density at radius 3 is 2.82 bits per heavy atom. The third-order valence-corrected chi connectivity index (χ3v) is 3.64. The summed E-state index contributed by atoms with van der Waals surface area (Å²) < 4.78 is 5.46. The van der Waals surface area contributed by atoms with Gasteiger partial charge >= 0.3 is 0 Å². The zero-order valence-corrected chi connectivity index (χ0v) is 10.6. The Labute approximate surface area is 105 Å². The lowest BCUT2D eigenvalue weighted by molar-refractivity contribution is 0.573. The molecule has 2 rings (SSSR count). The molecule has 0 radical (unpaired) electrons. The van der Waals surface area contributed by atoms with Crippen molar-refractivity contribution in [2.24, 2.45) is 5.73 Å². The molecule has 4 heteroatoms. The van der Waals surface area contributed by atoms with Crippen LogP contribution in [0.4, 0.5) is 0 Å². The lowest BCUT2D eigenvalue weighted by Gasteiger charge is -2.04. The maximum atomic E-state index is 5.57. The Bertz CT molecular complexity index is 455. The molecule has 1 heterocycles. The van der Waals surface area contributed by atoms with Crippen LogP contribution in [0.25, 0.3) is 11.5 Å². The number of nitrogens with two attached hydrogens (primary N) is 1. The largest absolute Gasteiger partial charge is 0.444 e. The van der Waals surface area contributed by atoms with Gasteiger partial charge in [-0.2, -0.15) is 11.8 Å². The van der Waals surface area contributed by atoms with Crippen molar-refractivity contribution in [2.45, 2.75) is 17.9 Å². The van der Waals surface area contributed by atoms with Gasteiger partial charge in [0.2, 0.25) is 5.89 Å². The average Bonchev–Trinajstić information content (AvgIpc) is 2.86. The van der Waals surface area contributed by atoms with Gasteiger partial charge in [-0.3, -0.25) is 0 Å². The van der Waals surface area contributed by atoms with Crippen LogP contribution in [0, 0.1) is 0 Å². The summed E-state index contributed by atoms with van der Waals surface area (Å²) in [6, 6.07) is 9.91. The minimum Gasteiger partial charge on any atom is -0.444 e. The Balaban J connectivity index is 2.01. The van der Waals surface area contributed by atoms with Crippen LogP contribution >= 0.6 is 11.8 Å². The van der Waals surface area contributed by atoms with Gasteiger partial charge in [-0.15, -0.1) is 0 Å². The molecule has 0 bridgehead atoms. The molecule has 17 heavy (non-hydrogen) atoms. The van der Waals surface area contributed by atoms with E-state index in [1.165, 1.54) is 0 Å². The van der Waals surface area contributed by atoms with Crippen LogP contribution < -0.4 is 5.73 Å². The van der Waals surface area contributed by atoms with E-state index in [0.717, 1.165) is 17.0 Å². The highest BCUT2D eigenvalue weighted by atomic mass is 32.2. The standard InChI is InChI=1S/C13H16N2OS/c1-10(7-14)17-9-12-8-16-13(15-12)11-5-3-2-4-6-11/h2-6,8,10H,7,9,14H2,1H3. The average molecular weight is 248 g/mol. The van der Waals surface area contributed by atoms with Crippen LogP contribution in [0.2, 0.25) is 0 Å². The number of oxazole rings is 1. The third-order valence-electron chi connectivity index (χ3n) is 2.42. The van der Waals surface area contributed by atoms with E-state index in [-0.39, 0.29) is 0 Å². The molecular formula is C13H16N2OS. The van der Waals surface area contributed by atoms with Crippen LogP contribution in [0.5, 0.6) is 0 Å².